The Morgan fingerprint density at radius 3 is 2.32 bits per heavy atom. The van der Waals surface area contributed by atoms with Crippen LogP contribution in [0.25, 0.3) is 0 Å². The van der Waals surface area contributed by atoms with Gasteiger partial charge in [0.25, 0.3) is 0 Å². The van der Waals surface area contributed by atoms with Gasteiger partial charge in [0, 0.05) is 18.1 Å². The summed E-state index contributed by atoms with van der Waals surface area (Å²) in [7, 11) is 0. The quantitative estimate of drug-likeness (QED) is 0.888. The molecule has 0 spiro atoms. The molecule has 0 saturated carbocycles. The van der Waals surface area contributed by atoms with Crippen LogP contribution in [-0.2, 0) is 12.0 Å². The van der Waals surface area contributed by atoms with Crippen molar-refractivity contribution in [3.63, 3.8) is 0 Å². The summed E-state index contributed by atoms with van der Waals surface area (Å²) in [5.74, 6) is -1.35. The maximum Gasteiger partial charge on any atom is 0.132 e. The predicted molar refractivity (Wildman–Crippen MR) is 70.7 cm³/mol. The molecule has 0 aliphatic carbocycles. The summed E-state index contributed by atoms with van der Waals surface area (Å²) >= 11 is 0. The monoisotopic (exact) mass is 262 g/mol. The van der Waals surface area contributed by atoms with Crippen LogP contribution in [0.4, 0.5) is 8.78 Å². The molecule has 2 aromatic rings. The molecular formula is C16H16F2O. The summed E-state index contributed by atoms with van der Waals surface area (Å²) < 4.78 is 26.8. The van der Waals surface area contributed by atoms with Crippen molar-refractivity contribution in [1.29, 1.82) is 0 Å². The van der Waals surface area contributed by atoms with Crippen LogP contribution in [0.15, 0.2) is 48.5 Å². The zero-order chi connectivity index (χ0) is 13.9. The molecule has 100 valence electrons. The van der Waals surface area contributed by atoms with Crippen LogP contribution in [0.3, 0.4) is 0 Å². The molecule has 19 heavy (non-hydrogen) atoms. The van der Waals surface area contributed by atoms with Crippen LogP contribution < -0.4 is 0 Å². The van der Waals surface area contributed by atoms with Gasteiger partial charge in [0.05, 0.1) is 5.60 Å². The molecule has 1 nitrogen and oxygen atoms in total. The van der Waals surface area contributed by atoms with Gasteiger partial charge in [0.15, 0.2) is 0 Å². The Labute approximate surface area is 111 Å². The fourth-order valence-electron chi connectivity index (χ4n) is 2.21. The van der Waals surface area contributed by atoms with E-state index < -0.39 is 17.2 Å². The fraction of sp³-hybridized carbons (Fsp3) is 0.250. The van der Waals surface area contributed by atoms with Gasteiger partial charge in [-0.2, -0.15) is 0 Å². The van der Waals surface area contributed by atoms with Gasteiger partial charge < -0.3 is 5.11 Å². The first-order chi connectivity index (χ1) is 9.05. The Bertz CT molecular complexity index is 554. The highest BCUT2D eigenvalue weighted by molar-refractivity contribution is 5.28. The third kappa shape index (κ3) is 2.99. The number of aliphatic hydroxyl groups is 1. The maximum absolute atomic E-state index is 13.8. The van der Waals surface area contributed by atoms with E-state index in [0.717, 1.165) is 11.6 Å². The van der Waals surface area contributed by atoms with Crippen molar-refractivity contribution in [3.8, 4) is 0 Å². The van der Waals surface area contributed by atoms with Crippen LogP contribution in [0.1, 0.15) is 24.5 Å². The molecule has 0 bridgehead atoms. The zero-order valence-electron chi connectivity index (χ0n) is 10.7. The summed E-state index contributed by atoms with van der Waals surface area (Å²) in [4.78, 5) is 0. The number of hydrogen-bond donors (Lipinski definition) is 1. The first-order valence-electron chi connectivity index (χ1n) is 6.27. The zero-order valence-corrected chi connectivity index (χ0v) is 10.7. The van der Waals surface area contributed by atoms with Crippen LogP contribution >= 0.6 is 0 Å². The molecule has 2 aromatic carbocycles. The average Bonchev–Trinajstić information content (AvgIpc) is 2.39. The minimum Gasteiger partial charge on any atom is -0.385 e. The Hall–Kier alpha value is -1.74. The van der Waals surface area contributed by atoms with E-state index in [4.69, 9.17) is 0 Å². The first kappa shape index (κ1) is 13.7. The molecule has 0 saturated heterocycles. The first-order valence-corrected chi connectivity index (χ1v) is 6.27. The van der Waals surface area contributed by atoms with Crippen LogP contribution in [0.2, 0.25) is 0 Å². The Morgan fingerprint density at radius 1 is 1.05 bits per heavy atom. The molecule has 1 N–H and O–H groups in total. The van der Waals surface area contributed by atoms with Crippen LogP contribution in [0, 0.1) is 11.6 Å². The van der Waals surface area contributed by atoms with E-state index in [-0.39, 0.29) is 5.56 Å². The van der Waals surface area contributed by atoms with E-state index in [0.29, 0.717) is 12.8 Å². The van der Waals surface area contributed by atoms with Crippen molar-refractivity contribution < 1.29 is 13.9 Å². The maximum atomic E-state index is 13.8. The minimum atomic E-state index is -1.32. The van der Waals surface area contributed by atoms with E-state index in [1.165, 1.54) is 12.1 Å². The third-order valence-corrected chi connectivity index (χ3v) is 3.36. The smallest absolute Gasteiger partial charge is 0.132 e. The lowest BCUT2D eigenvalue weighted by Crippen LogP contribution is -2.29. The highest BCUT2D eigenvalue weighted by Gasteiger charge is 2.30. The summed E-state index contributed by atoms with van der Waals surface area (Å²) in [5, 5.41) is 10.7. The number of benzene rings is 2. The second-order valence-electron chi connectivity index (χ2n) is 4.67. The van der Waals surface area contributed by atoms with Crippen LogP contribution in [-0.4, -0.2) is 5.11 Å². The second kappa shape index (κ2) is 5.49. The Balaban J connectivity index is 2.36. The summed E-state index contributed by atoms with van der Waals surface area (Å²) in [6.45, 7) is 1.78. The van der Waals surface area contributed by atoms with Gasteiger partial charge in [-0.3, -0.25) is 0 Å². The van der Waals surface area contributed by atoms with Gasteiger partial charge in [-0.25, -0.2) is 8.78 Å². The van der Waals surface area contributed by atoms with Crippen LogP contribution in [0.5, 0.6) is 0 Å². The molecular weight excluding hydrogens is 246 g/mol. The van der Waals surface area contributed by atoms with Crippen molar-refractivity contribution in [2.24, 2.45) is 0 Å². The van der Waals surface area contributed by atoms with E-state index in [1.807, 2.05) is 30.3 Å². The molecule has 0 heterocycles. The van der Waals surface area contributed by atoms with Crippen molar-refractivity contribution in [1.82, 2.24) is 0 Å². The van der Waals surface area contributed by atoms with Gasteiger partial charge in [0.2, 0.25) is 0 Å². The molecule has 0 amide bonds. The molecule has 0 aliphatic heterocycles. The van der Waals surface area contributed by atoms with Crippen molar-refractivity contribution >= 4 is 0 Å². The molecule has 0 aliphatic rings. The van der Waals surface area contributed by atoms with Gasteiger partial charge in [-0.15, -0.1) is 0 Å². The Kier molecular flexibility index (Phi) is 3.96. The highest BCUT2D eigenvalue weighted by Crippen LogP contribution is 2.31. The van der Waals surface area contributed by atoms with Gasteiger partial charge in [-0.1, -0.05) is 43.3 Å². The molecule has 2 rings (SSSR count). The lowest BCUT2D eigenvalue weighted by molar-refractivity contribution is 0.0291. The number of halogens is 2. The standard InChI is InChI=1S/C16H16F2O/c1-2-16(19,11-12-6-4-3-5-7-12)14-9-8-13(17)10-15(14)18/h3-10,19H,2,11H2,1H3. The summed E-state index contributed by atoms with van der Waals surface area (Å²) in [6.07, 6.45) is 0.650. The normalized spacial score (nSPS) is 14.1. The molecule has 0 fully saturated rings. The minimum absolute atomic E-state index is 0.139. The highest BCUT2D eigenvalue weighted by atomic mass is 19.1. The topological polar surface area (TPSA) is 20.2 Å². The van der Waals surface area contributed by atoms with E-state index in [9.17, 15) is 13.9 Å². The summed E-state index contributed by atoms with van der Waals surface area (Å²) in [6, 6.07) is 12.7. The fourth-order valence-corrected chi connectivity index (χ4v) is 2.21. The van der Waals surface area contributed by atoms with E-state index >= 15 is 0 Å². The average molecular weight is 262 g/mol. The van der Waals surface area contributed by atoms with Crippen molar-refractivity contribution in [2.75, 3.05) is 0 Å². The molecule has 1 unspecified atom stereocenters. The number of hydrogen-bond acceptors (Lipinski definition) is 1. The number of rotatable bonds is 4. The lowest BCUT2D eigenvalue weighted by atomic mass is 9.85. The van der Waals surface area contributed by atoms with E-state index in [1.54, 1.807) is 6.92 Å². The Morgan fingerprint density at radius 2 is 1.74 bits per heavy atom. The molecule has 3 heteroatoms. The van der Waals surface area contributed by atoms with Crippen molar-refractivity contribution in [2.45, 2.75) is 25.4 Å². The SMILES string of the molecule is CCC(O)(Cc1ccccc1)c1ccc(F)cc1F. The van der Waals surface area contributed by atoms with Crippen molar-refractivity contribution in [3.05, 3.63) is 71.3 Å². The largest absolute Gasteiger partial charge is 0.385 e. The second-order valence-corrected chi connectivity index (χ2v) is 4.67. The van der Waals surface area contributed by atoms with E-state index in [2.05, 4.69) is 0 Å². The van der Waals surface area contributed by atoms with Gasteiger partial charge in [0.1, 0.15) is 11.6 Å². The van der Waals surface area contributed by atoms with Gasteiger partial charge >= 0.3 is 0 Å². The molecule has 1 atom stereocenters. The third-order valence-electron chi connectivity index (χ3n) is 3.36. The van der Waals surface area contributed by atoms with Gasteiger partial charge in [-0.05, 0) is 18.1 Å². The summed E-state index contributed by atoms with van der Waals surface area (Å²) in [5.41, 5.74) is -0.269. The predicted octanol–water partition coefficient (Wildman–Crippen LogP) is 3.81. The molecule has 0 radical (unpaired) electrons. The lowest BCUT2D eigenvalue weighted by Gasteiger charge is -2.28. The molecule has 0 aromatic heterocycles.